The number of anilines is 1. The van der Waals surface area contributed by atoms with E-state index >= 15 is 0 Å². The van der Waals surface area contributed by atoms with Crippen molar-refractivity contribution in [1.82, 2.24) is 5.32 Å². The second kappa shape index (κ2) is 9.44. The molecule has 0 fully saturated rings. The van der Waals surface area contributed by atoms with Gasteiger partial charge in [-0.2, -0.15) is 0 Å². The van der Waals surface area contributed by atoms with Gasteiger partial charge in [0, 0.05) is 17.0 Å². The van der Waals surface area contributed by atoms with Crippen LogP contribution >= 0.6 is 35.4 Å². The summed E-state index contributed by atoms with van der Waals surface area (Å²) in [6.45, 7) is 0. The summed E-state index contributed by atoms with van der Waals surface area (Å²) >= 11 is 17.5. The first-order valence-electron chi connectivity index (χ1n) is 9.47. The fourth-order valence-corrected chi connectivity index (χ4v) is 3.73. The maximum atomic E-state index is 12.3. The van der Waals surface area contributed by atoms with Crippen LogP contribution in [0.5, 0.6) is 5.75 Å². The summed E-state index contributed by atoms with van der Waals surface area (Å²) in [6.07, 6.45) is 2.80. The largest absolute Gasteiger partial charge is 0.506 e. The van der Waals surface area contributed by atoms with Gasteiger partial charge in [0.15, 0.2) is 5.11 Å². The topological polar surface area (TPSA) is 74.5 Å². The number of halogens is 2. The number of nitrogens with one attached hydrogen (secondary N) is 2. The molecule has 0 saturated carbocycles. The van der Waals surface area contributed by atoms with E-state index in [4.69, 9.17) is 39.8 Å². The number of phenolic OH excluding ortho intramolecular Hbond substituents is 1. The number of carbonyl (C=O) groups excluding carboxylic acids is 1. The smallest absolute Gasteiger partial charge is 0.250 e. The second-order valence-electron chi connectivity index (χ2n) is 6.76. The van der Waals surface area contributed by atoms with E-state index in [1.807, 2.05) is 24.3 Å². The molecule has 1 aromatic heterocycles. The van der Waals surface area contributed by atoms with E-state index in [9.17, 15) is 9.90 Å². The molecule has 0 atom stereocenters. The van der Waals surface area contributed by atoms with Gasteiger partial charge in [-0.05, 0) is 54.0 Å². The van der Waals surface area contributed by atoms with Crippen LogP contribution in [0.15, 0.2) is 77.2 Å². The number of rotatable bonds is 4. The number of hydrogen-bond donors (Lipinski definition) is 3. The van der Waals surface area contributed by atoms with Gasteiger partial charge in [0.25, 0.3) is 0 Å². The summed E-state index contributed by atoms with van der Waals surface area (Å²) < 4.78 is 5.73. The molecule has 0 aliphatic rings. The number of hydrogen-bond acceptors (Lipinski definition) is 4. The molecule has 5 nitrogen and oxygen atoms in total. The predicted octanol–water partition coefficient (Wildman–Crippen LogP) is 6.64. The van der Waals surface area contributed by atoms with Crippen LogP contribution in [0.1, 0.15) is 5.76 Å². The van der Waals surface area contributed by atoms with Gasteiger partial charge in [-0.1, -0.05) is 59.6 Å². The normalized spacial score (nSPS) is 11.1. The molecule has 32 heavy (non-hydrogen) atoms. The Morgan fingerprint density at radius 2 is 1.81 bits per heavy atom. The minimum Gasteiger partial charge on any atom is -0.506 e. The van der Waals surface area contributed by atoms with Crippen LogP contribution in [0.4, 0.5) is 5.69 Å². The van der Waals surface area contributed by atoms with E-state index in [2.05, 4.69) is 10.6 Å². The van der Waals surface area contributed by atoms with Crippen molar-refractivity contribution < 1.29 is 14.3 Å². The SMILES string of the molecule is O=C(C=Cc1ccc(-c2cccc(Cl)c2Cl)o1)NC(=S)Nc1c(O)ccc2ccccc12. The molecule has 0 saturated heterocycles. The Morgan fingerprint density at radius 1 is 1.00 bits per heavy atom. The molecule has 0 aliphatic carbocycles. The summed E-state index contributed by atoms with van der Waals surface area (Å²) in [7, 11) is 0. The minimum atomic E-state index is -0.457. The highest BCUT2D eigenvalue weighted by Gasteiger charge is 2.11. The Morgan fingerprint density at radius 3 is 2.66 bits per heavy atom. The van der Waals surface area contributed by atoms with Crippen molar-refractivity contribution in [3.8, 4) is 17.1 Å². The molecule has 3 aromatic carbocycles. The third-order valence-corrected chi connectivity index (χ3v) is 5.65. The quantitative estimate of drug-likeness (QED) is 0.172. The Labute approximate surface area is 199 Å². The number of fused-ring (bicyclic) bond motifs is 1. The lowest BCUT2D eigenvalue weighted by Crippen LogP contribution is -2.32. The Balaban J connectivity index is 1.42. The lowest BCUT2D eigenvalue weighted by molar-refractivity contribution is -0.115. The van der Waals surface area contributed by atoms with Crippen molar-refractivity contribution >= 4 is 69.0 Å². The highest BCUT2D eigenvalue weighted by atomic mass is 35.5. The number of furan rings is 1. The first-order valence-corrected chi connectivity index (χ1v) is 10.6. The molecule has 3 N–H and O–H groups in total. The molecule has 0 unspecified atom stereocenters. The van der Waals surface area contributed by atoms with Crippen LogP contribution in [0.2, 0.25) is 10.0 Å². The maximum absolute atomic E-state index is 12.3. The second-order valence-corrected chi connectivity index (χ2v) is 7.95. The van der Waals surface area contributed by atoms with Crippen molar-refractivity contribution in [3.63, 3.8) is 0 Å². The van der Waals surface area contributed by atoms with Crippen molar-refractivity contribution in [1.29, 1.82) is 0 Å². The predicted molar refractivity (Wildman–Crippen MR) is 133 cm³/mol. The Kier molecular flexibility index (Phi) is 6.46. The Hall–Kier alpha value is -3.32. The van der Waals surface area contributed by atoms with Crippen LogP contribution in [0.25, 0.3) is 28.2 Å². The van der Waals surface area contributed by atoms with E-state index in [0.717, 1.165) is 10.8 Å². The highest BCUT2D eigenvalue weighted by Crippen LogP contribution is 2.34. The standard InChI is InChI=1S/C24H16Cl2N2O3S/c25-18-7-3-6-17(22(18)26)20-12-9-15(31-20)10-13-21(30)27-24(32)28-23-16-5-2-1-4-14(16)8-11-19(23)29/h1-13,29H,(H2,27,28,30,32). The average molecular weight is 483 g/mol. The molecule has 160 valence electrons. The minimum absolute atomic E-state index is 0.0265. The molecule has 4 rings (SSSR count). The summed E-state index contributed by atoms with van der Waals surface area (Å²) in [4.78, 5) is 12.3. The molecule has 1 amide bonds. The summed E-state index contributed by atoms with van der Waals surface area (Å²) in [5.41, 5.74) is 1.08. The van der Waals surface area contributed by atoms with Crippen LogP contribution in [-0.2, 0) is 4.79 Å². The molecule has 8 heteroatoms. The third kappa shape index (κ3) is 4.78. The van der Waals surface area contributed by atoms with E-state index in [1.54, 1.807) is 42.5 Å². The third-order valence-electron chi connectivity index (χ3n) is 4.63. The fourth-order valence-electron chi connectivity index (χ4n) is 3.13. The number of amides is 1. The van der Waals surface area contributed by atoms with Gasteiger partial charge in [0.1, 0.15) is 17.3 Å². The lowest BCUT2D eigenvalue weighted by atomic mass is 10.1. The summed E-state index contributed by atoms with van der Waals surface area (Å²) in [5.74, 6) is 0.553. The van der Waals surface area contributed by atoms with Gasteiger partial charge in [-0.3, -0.25) is 10.1 Å². The number of aromatic hydroxyl groups is 1. The van der Waals surface area contributed by atoms with Crippen molar-refractivity contribution in [2.24, 2.45) is 0 Å². The summed E-state index contributed by atoms with van der Waals surface area (Å²) in [6, 6.07) is 19.6. The molecule has 0 bridgehead atoms. The van der Waals surface area contributed by atoms with Crippen molar-refractivity contribution in [2.75, 3.05) is 5.32 Å². The number of benzene rings is 3. The molecule has 0 radical (unpaired) electrons. The fraction of sp³-hybridized carbons (Fsp3) is 0. The van der Waals surface area contributed by atoms with Crippen LogP contribution in [-0.4, -0.2) is 16.1 Å². The van der Waals surface area contributed by atoms with Gasteiger partial charge in [0.05, 0.1) is 15.7 Å². The lowest BCUT2D eigenvalue weighted by Gasteiger charge is -2.12. The van der Waals surface area contributed by atoms with Crippen molar-refractivity contribution in [3.05, 3.63) is 88.6 Å². The number of phenols is 1. The van der Waals surface area contributed by atoms with Gasteiger partial charge in [-0.25, -0.2) is 0 Å². The molecule has 0 spiro atoms. The Bertz CT molecular complexity index is 1360. The number of thiocarbonyl (C=S) groups is 1. The average Bonchev–Trinajstić information content (AvgIpc) is 3.25. The highest BCUT2D eigenvalue weighted by molar-refractivity contribution is 7.80. The summed E-state index contributed by atoms with van der Waals surface area (Å²) in [5, 5.41) is 18.2. The van der Waals surface area contributed by atoms with Gasteiger partial charge in [0.2, 0.25) is 5.91 Å². The van der Waals surface area contributed by atoms with Crippen molar-refractivity contribution in [2.45, 2.75) is 0 Å². The first kappa shape index (κ1) is 21.9. The maximum Gasteiger partial charge on any atom is 0.250 e. The van der Waals surface area contributed by atoms with Crippen LogP contribution in [0.3, 0.4) is 0 Å². The number of carbonyl (C=O) groups is 1. The molecule has 4 aromatic rings. The molecule has 1 heterocycles. The van der Waals surface area contributed by atoms with E-state index in [0.29, 0.717) is 32.8 Å². The van der Waals surface area contributed by atoms with E-state index in [1.165, 1.54) is 12.2 Å². The first-order chi connectivity index (χ1) is 15.4. The van der Waals surface area contributed by atoms with Gasteiger partial charge in [-0.15, -0.1) is 0 Å². The van der Waals surface area contributed by atoms with E-state index in [-0.39, 0.29) is 10.9 Å². The monoisotopic (exact) mass is 482 g/mol. The molecular weight excluding hydrogens is 467 g/mol. The van der Waals surface area contributed by atoms with Crippen LogP contribution < -0.4 is 10.6 Å². The molecule has 0 aliphatic heterocycles. The van der Waals surface area contributed by atoms with Crippen LogP contribution in [0, 0.1) is 0 Å². The van der Waals surface area contributed by atoms with Gasteiger partial charge >= 0.3 is 0 Å². The molecular formula is C24H16Cl2N2O3S. The van der Waals surface area contributed by atoms with E-state index < -0.39 is 5.91 Å². The van der Waals surface area contributed by atoms with Gasteiger partial charge < -0.3 is 14.8 Å². The zero-order valence-electron chi connectivity index (χ0n) is 16.4. The zero-order chi connectivity index (χ0) is 22.7. The zero-order valence-corrected chi connectivity index (χ0v) is 18.8.